The lowest BCUT2D eigenvalue weighted by atomic mass is 10.1. The first-order valence-electron chi connectivity index (χ1n) is 10.9. The standard InChI is InChI=1S/C25H30N6.HI/c1-3-26-25(28-13-12-21-16-29-24-19(2)8-7-11-22(21)24)30-17-23-27-14-15-31(23)18-20-9-5-4-6-10-20;/h4-11,14-16,29H,3,12-13,17-18H2,1-2H3,(H2,26,28,30);1H. The molecule has 0 bridgehead atoms. The first-order chi connectivity index (χ1) is 15.2. The largest absolute Gasteiger partial charge is 0.361 e. The summed E-state index contributed by atoms with van der Waals surface area (Å²) >= 11 is 0. The normalized spacial score (nSPS) is 11.4. The van der Waals surface area contributed by atoms with Crippen LogP contribution in [-0.2, 0) is 19.5 Å². The Bertz CT molecular complexity index is 1150. The van der Waals surface area contributed by atoms with Gasteiger partial charge in [0.05, 0.1) is 0 Å². The zero-order valence-electron chi connectivity index (χ0n) is 18.6. The highest BCUT2D eigenvalue weighted by atomic mass is 127. The molecule has 0 unspecified atom stereocenters. The zero-order valence-corrected chi connectivity index (χ0v) is 21.0. The van der Waals surface area contributed by atoms with Crippen molar-refractivity contribution in [3.8, 4) is 0 Å². The zero-order chi connectivity index (χ0) is 21.5. The predicted octanol–water partition coefficient (Wildman–Crippen LogP) is 4.64. The Kier molecular flexibility index (Phi) is 8.72. The van der Waals surface area contributed by atoms with Gasteiger partial charge in [0.15, 0.2) is 5.96 Å². The molecule has 0 aliphatic rings. The molecule has 7 heteroatoms. The number of halogens is 1. The molecule has 3 N–H and O–H groups in total. The van der Waals surface area contributed by atoms with Crippen molar-refractivity contribution in [2.45, 2.75) is 33.4 Å². The van der Waals surface area contributed by atoms with Crippen LogP contribution in [0.4, 0.5) is 0 Å². The molecule has 0 aliphatic carbocycles. The van der Waals surface area contributed by atoms with Gasteiger partial charge in [-0.2, -0.15) is 0 Å². The Balaban J connectivity index is 0.00000289. The maximum atomic E-state index is 4.76. The number of hydrogen-bond acceptors (Lipinski definition) is 2. The van der Waals surface area contributed by atoms with E-state index in [1.807, 2.05) is 18.5 Å². The van der Waals surface area contributed by atoms with Crippen LogP contribution >= 0.6 is 24.0 Å². The minimum absolute atomic E-state index is 0. The van der Waals surface area contributed by atoms with E-state index in [0.717, 1.165) is 37.8 Å². The maximum Gasteiger partial charge on any atom is 0.191 e. The fourth-order valence-electron chi connectivity index (χ4n) is 3.79. The molecule has 2 aromatic heterocycles. The second-order valence-corrected chi connectivity index (χ2v) is 7.64. The number of imidazole rings is 1. The van der Waals surface area contributed by atoms with Crippen LogP contribution < -0.4 is 10.6 Å². The number of H-pyrrole nitrogens is 1. The first-order valence-corrected chi connectivity index (χ1v) is 10.9. The van der Waals surface area contributed by atoms with E-state index in [4.69, 9.17) is 4.99 Å². The maximum absolute atomic E-state index is 4.76. The van der Waals surface area contributed by atoms with Gasteiger partial charge in [-0.3, -0.25) is 0 Å². The smallest absolute Gasteiger partial charge is 0.191 e. The number of hydrogen-bond donors (Lipinski definition) is 3. The molecule has 4 rings (SSSR count). The van der Waals surface area contributed by atoms with E-state index in [0.29, 0.717) is 6.54 Å². The molecule has 0 fully saturated rings. The fourth-order valence-corrected chi connectivity index (χ4v) is 3.79. The number of para-hydroxylation sites is 1. The van der Waals surface area contributed by atoms with Crippen molar-refractivity contribution in [1.29, 1.82) is 0 Å². The van der Waals surface area contributed by atoms with Crippen molar-refractivity contribution in [1.82, 2.24) is 25.2 Å². The Labute approximate surface area is 206 Å². The molecule has 0 radical (unpaired) electrons. The summed E-state index contributed by atoms with van der Waals surface area (Å²) in [5, 5.41) is 8.09. The third-order valence-corrected chi connectivity index (χ3v) is 5.42. The molecule has 0 amide bonds. The molecule has 4 aromatic rings. The number of nitrogens with one attached hydrogen (secondary N) is 3. The lowest BCUT2D eigenvalue weighted by Crippen LogP contribution is -2.38. The van der Waals surface area contributed by atoms with E-state index < -0.39 is 0 Å². The summed E-state index contributed by atoms with van der Waals surface area (Å²) < 4.78 is 2.15. The van der Waals surface area contributed by atoms with E-state index in [1.165, 1.54) is 27.6 Å². The summed E-state index contributed by atoms with van der Waals surface area (Å²) in [7, 11) is 0. The third kappa shape index (κ3) is 5.91. The van der Waals surface area contributed by atoms with Gasteiger partial charge in [0.1, 0.15) is 12.4 Å². The molecule has 0 saturated heterocycles. The molecule has 0 spiro atoms. The molecule has 0 atom stereocenters. The summed E-state index contributed by atoms with van der Waals surface area (Å²) in [6, 6.07) is 16.9. The van der Waals surface area contributed by atoms with Crippen molar-refractivity contribution in [2.75, 3.05) is 13.1 Å². The number of aromatic nitrogens is 3. The predicted molar refractivity (Wildman–Crippen MR) is 143 cm³/mol. The Morgan fingerprint density at radius 3 is 2.75 bits per heavy atom. The van der Waals surface area contributed by atoms with E-state index in [2.05, 4.69) is 87.7 Å². The van der Waals surface area contributed by atoms with E-state index in [-0.39, 0.29) is 24.0 Å². The summed E-state index contributed by atoms with van der Waals surface area (Å²) in [4.78, 5) is 12.7. The van der Waals surface area contributed by atoms with Crippen LogP contribution in [0, 0.1) is 6.92 Å². The highest BCUT2D eigenvalue weighted by Crippen LogP contribution is 2.21. The van der Waals surface area contributed by atoms with Gasteiger partial charge >= 0.3 is 0 Å². The highest BCUT2D eigenvalue weighted by molar-refractivity contribution is 14.0. The number of benzene rings is 2. The molecule has 32 heavy (non-hydrogen) atoms. The van der Waals surface area contributed by atoms with Crippen LogP contribution in [0.1, 0.15) is 29.4 Å². The van der Waals surface area contributed by atoms with Crippen LogP contribution in [0.2, 0.25) is 0 Å². The van der Waals surface area contributed by atoms with Crippen molar-refractivity contribution in [3.05, 3.63) is 89.6 Å². The molecule has 2 heterocycles. The van der Waals surface area contributed by atoms with Gasteiger partial charge in [0, 0.05) is 49.1 Å². The lowest BCUT2D eigenvalue weighted by Gasteiger charge is -2.12. The molecular formula is C25H31IN6. The highest BCUT2D eigenvalue weighted by Gasteiger charge is 2.07. The minimum Gasteiger partial charge on any atom is -0.361 e. The number of aryl methyl sites for hydroxylation is 1. The third-order valence-electron chi connectivity index (χ3n) is 5.42. The van der Waals surface area contributed by atoms with Gasteiger partial charge in [-0.25, -0.2) is 9.98 Å². The van der Waals surface area contributed by atoms with Gasteiger partial charge < -0.3 is 20.2 Å². The first kappa shape index (κ1) is 23.8. The average molecular weight is 542 g/mol. The molecule has 168 valence electrons. The fraction of sp³-hybridized carbons (Fsp3) is 0.280. The molecular weight excluding hydrogens is 511 g/mol. The van der Waals surface area contributed by atoms with E-state index >= 15 is 0 Å². The minimum atomic E-state index is 0. The van der Waals surface area contributed by atoms with Crippen LogP contribution in [0.15, 0.2) is 72.1 Å². The summed E-state index contributed by atoms with van der Waals surface area (Å²) in [6.07, 6.45) is 6.89. The van der Waals surface area contributed by atoms with Crippen molar-refractivity contribution in [2.24, 2.45) is 4.99 Å². The second-order valence-electron chi connectivity index (χ2n) is 7.64. The van der Waals surface area contributed by atoms with Crippen LogP contribution in [0.5, 0.6) is 0 Å². The van der Waals surface area contributed by atoms with Gasteiger partial charge in [0.25, 0.3) is 0 Å². The van der Waals surface area contributed by atoms with Gasteiger partial charge in [-0.05, 0) is 37.0 Å². The summed E-state index contributed by atoms with van der Waals surface area (Å²) in [5.41, 5.74) is 5.08. The monoisotopic (exact) mass is 542 g/mol. The van der Waals surface area contributed by atoms with Crippen LogP contribution in [0.3, 0.4) is 0 Å². The Morgan fingerprint density at radius 1 is 1.09 bits per heavy atom. The number of nitrogens with zero attached hydrogens (tertiary/aromatic N) is 3. The average Bonchev–Trinajstić information content (AvgIpc) is 3.40. The summed E-state index contributed by atoms with van der Waals surface area (Å²) in [6.45, 7) is 7.17. The summed E-state index contributed by atoms with van der Waals surface area (Å²) in [5.74, 6) is 1.76. The van der Waals surface area contributed by atoms with Crippen molar-refractivity contribution >= 4 is 40.8 Å². The van der Waals surface area contributed by atoms with Crippen LogP contribution in [0.25, 0.3) is 10.9 Å². The SMILES string of the molecule is CCNC(=NCc1nccn1Cc1ccccc1)NCCc1c[nH]c2c(C)cccc12.I. The topological polar surface area (TPSA) is 70.0 Å². The number of fused-ring (bicyclic) bond motifs is 1. The quantitative estimate of drug-likeness (QED) is 0.173. The molecule has 0 aliphatic heterocycles. The number of aliphatic imine (C=N–C) groups is 1. The lowest BCUT2D eigenvalue weighted by molar-refractivity contribution is 0.716. The Hall–Kier alpha value is -2.81. The number of aromatic amines is 1. The number of rotatable bonds is 8. The Morgan fingerprint density at radius 2 is 1.94 bits per heavy atom. The van der Waals surface area contributed by atoms with Crippen molar-refractivity contribution < 1.29 is 0 Å². The van der Waals surface area contributed by atoms with E-state index in [1.54, 1.807) is 0 Å². The van der Waals surface area contributed by atoms with Gasteiger partial charge in [-0.1, -0.05) is 48.5 Å². The molecule has 0 saturated carbocycles. The van der Waals surface area contributed by atoms with Gasteiger partial charge in [0.2, 0.25) is 0 Å². The van der Waals surface area contributed by atoms with Crippen molar-refractivity contribution in [3.63, 3.8) is 0 Å². The van der Waals surface area contributed by atoms with E-state index in [9.17, 15) is 0 Å². The second kappa shape index (κ2) is 11.7. The number of guanidine groups is 1. The molecule has 6 nitrogen and oxygen atoms in total. The van der Waals surface area contributed by atoms with Gasteiger partial charge in [-0.15, -0.1) is 24.0 Å². The molecule has 2 aromatic carbocycles. The van der Waals surface area contributed by atoms with Crippen LogP contribution in [-0.4, -0.2) is 33.6 Å².